The zero-order valence-corrected chi connectivity index (χ0v) is 10.6. The van der Waals surface area contributed by atoms with Crippen LogP contribution in [0.15, 0.2) is 6.07 Å². The maximum Gasteiger partial charge on any atom is 0.462 e. The van der Waals surface area contributed by atoms with Gasteiger partial charge in [-0.2, -0.15) is 13.2 Å². The SMILES string of the molecule is Cc1cc(C)c(C)c(C#CC(=O)C(F)(F)F)c1C. The second kappa shape index (κ2) is 4.85. The van der Waals surface area contributed by atoms with Crippen LogP contribution in [0.5, 0.6) is 0 Å². The van der Waals surface area contributed by atoms with E-state index in [9.17, 15) is 18.0 Å². The highest BCUT2D eigenvalue weighted by Gasteiger charge is 2.37. The molecule has 0 amide bonds. The van der Waals surface area contributed by atoms with E-state index in [4.69, 9.17) is 0 Å². The van der Waals surface area contributed by atoms with Gasteiger partial charge in [0.1, 0.15) is 0 Å². The maximum absolute atomic E-state index is 12.1. The summed E-state index contributed by atoms with van der Waals surface area (Å²) in [6.45, 7) is 7.28. The summed E-state index contributed by atoms with van der Waals surface area (Å²) in [4.78, 5) is 10.7. The van der Waals surface area contributed by atoms with E-state index >= 15 is 0 Å². The molecule has 1 aromatic carbocycles. The average Bonchev–Trinajstić information content (AvgIpc) is 2.25. The van der Waals surface area contributed by atoms with Crippen LogP contribution in [0, 0.1) is 39.5 Å². The zero-order valence-electron chi connectivity index (χ0n) is 10.6. The van der Waals surface area contributed by atoms with Gasteiger partial charge in [0.15, 0.2) is 0 Å². The van der Waals surface area contributed by atoms with Crippen LogP contribution in [0.4, 0.5) is 13.2 Å². The van der Waals surface area contributed by atoms with Crippen LogP contribution in [0.25, 0.3) is 0 Å². The number of halogens is 3. The van der Waals surface area contributed by atoms with E-state index in [0.717, 1.165) is 22.3 Å². The van der Waals surface area contributed by atoms with Crippen molar-refractivity contribution in [2.24, 2.45) is 0 Å². The molecule has 0 radical (unpaired) electrons. The lowest BCUT2D eigenvalue weighted by atomic mass is 9.94. The molecule has 0 aliphatic rings. The molecule has 0 heterocycles. The third-order valence-electron chi connectivity index (χ3n) is 2.92. The summed E-state index contributed by atoms with van der Waals surface area (Å²) >= 11 is 0. The quantitative estimate of drug-likeness (QED) is 0.648. The Bertz CT molecular complexity index is 531. The second-order valence-electron chi connectivity index (χ2n) is 4.21. The van der Waals surface area contributed by atoms with E-state index in [0.29, 0.717) is 5.56 Å². The Morgan fingerprint density at radius 2 is 1.50 bits per heavy atom. The molecule has 0 fully saturated rings. The molecule has 1 aromatic rings. The first kappa shape index (κ1) is 14.3. The van der Waals surface area contributed by atoms with Gasteiger partial charge in [0.05, 0.1) is 0 Å². The van der Waals surface area contributed by atoms with Crippen molar-refractivity contribution >= 4 is 5.78 Å². The minimum Gasteiger partial charge on any atom is -0.275 e. The van der Waals surface area contributed by atoms with Gasteiger partial charge in [0, 0.05) is 5.56 Å². The Balaban J connectivity index is 3.29. The lowest BCUT2D eigenvalue weighted by Gasteiger charge is -2.10. The van der Waals surface area contributed by atoms with Crippen LogP contribution < -0.4 is 0 Å². The van der Waals surface area contributed by atoms with E-state index in [1.165, 1.54) is 0 Å². The van der Waals surface area contributed by atoms with Gasteiger partial charge in [-0.3, -0.25) is 4.79 Å². The van der Waals surface area contributed by atoms with Crippen LogP contribution in [0.1, 0.15) is 27.8 Å². The summed E-state index contributed by atoms with van der Waals surface area (Å²) < 4.78 is 36.2. The molecular formula is C14H13F3O. The molecule has 0 aliphatic heterocycles. The van der Waals surface area contributed by atoms with Crippen molar-refractivity contribution in [3.05, 3.63) is 33.9 Å². The number of Topliss-reactive ketones (excluding diaryl/α,β-unsaturated/α-hetero) is 1. The predicted molar refractivity (Wildman–Crippen MR) is 63.3 cm³/mol. The largest absolute Gasteiger partial charge is 0.462 e. The first-order valence-corrected chi connectivity index (χ1v) is 5.35. The van der Waals surface area contributed by atoms with E-state index in [1.807, 2.05) is 19.9 Å². The van der Waals surface area contributed by atoms with Crippen LogP contribution in [-0.4, -0.2) is 12.0 Å². The standard InChI is InChI=1S/C14H13F3O/c1-8-7-9(2)11(4)12(10(8)3)5-6-13(18)14(15,16)17/h7H,1-4H3. The Morgan fingerprint density at radius 3 is 1.89 bits per heavy atom. The van der Waals surface area contributed by atoms with Crippen molar-refractivity contribution < 1.29 is 18.0 Å². The summed E-state index contributed by atoms with van der Waals surface area (Å²) in [7, 11) is 0. The van der Waals surface area contributed by atoms with Gasteiger partial charge in [-0.1, -0.05) is 12.0 Å². The van der Waals surface area contributed by atoms with Gasteiger partial charge in [-0.15, -0.1) is 0 Å². The van der Waals surface area contributed by atoms with Gasteiger partial charge in [-0.25, -0.2) is 0 Å². The summed E-state index contributed by atoms with van der Waals surface area (Å²) in [5.41, 5.74) is 4.01. The predicted octanol–water partition coefficient (Wildman–Crippen LogP) is 3.40. The first-order valence-electron chi connectivity index (χ1n) is 5.35. The van der Waals surface area contributed by atoms with E-state index in [2.05, 4.69) is 5.92 Å². The number of rotatable bonds is 0. The smallest absolute Gasteiger partial charge is 0.275 e. The van der Waals surface area contributed by atoms with Crippen molar-refractivity contribution in [3.63, 3.8) is 0 Å². The maximum atomic E-state index is 12.1. The molecule has 0 unspecified atom stereocenters. The number of ketones is 1. The Hall–Kier alpha value is -1.76. The van der Waals surface area contributed by atoms with E-state index in [-0.39, 0.29) is 0 Å². The van der Waals surface area contributed by atoms with Crippen LogP contribution in [-0.2, 0) is 4.79 Å². The van der Waals surface area contributed by atoms with Crippen molar-refractivity contribution in [3.8, 4) is 11.8 Å². The summed E-state index contributed by atoms with van der Waals surface area (Å²) in [5, 5.41) is 0. The topological polar surface area (TPSA) is 17.1 Å². The molecule has 0 N–H and O–H groups in total. The molecule has 1 nitrogen and oxygen atoms in total. The number of carbonyl (C=O) groups is 1. The van der Waals surface area contributed by atoms with E-state index < -0.39 is 12.0 Å². The molecule has 1 rings (SSSR count). The fraction of sp³-hybridized carbons (Fsp3) is 0.357. The van der Waals surface area contributed by atoms with E-state index in [1.54, 1.807) is 19.8 Å². The number of carbonyl (C=O) groups excluding carboxylic acids is 1. The first-order chi connectivity index (χ1) is 8.14. The minimum absolute atomic E-state index is 0.505. The van der Waals surface area contributed by atoms with Crippen LogP contribution in [0.3, 0.4) is 0 Å². The molecule has 18 heavy (non-hydrogen) atoms. The molecule has 0 spiro atoms. The van der Waals surface area contributed by atoms with Crippen molar-refractivity contribution in [2.45, 2.75) is 33.9 Å². The molecular weight excluding hydrogens is 241 g/mol. The number of aryl methyl sites for hydroxylation is 2. The lowest BCUT2D eigenvalue weighted by Crippen LogP contribution is -2.20. The highest BCUT2D eigenvalue weighted by atomic mass is 19.4. The molecule has 0 saturated carbocycles. The minimum atomic E-state index is -4.90. The fourth-order valence-corrected chi connectivity index (χ4v) is 1.59. The molecule has 0 atom stereocenters. The van der Waals surface area contributed by atoms with Gasteiger partial charge in [0.2, 0.25) is 0 Å². The Labute approximate surface area is 104 Å². The molecule has 0 aromatic heterocycles. The number of benzene rings is 1. The van der Waals surface area contributed by atoms with Crippen molar-refractivity contribution in [1.82, 2.24) is 0 Å². The Kier molecular flexibility index (Phi) is 3.85. The highest BCUT2D eigenvalue weighted by Crippen LogP contribution is 2.21. The normalized spacial score (nSPS) is 10.8. The zero-order chi connectivity index (χ0) is 14.1. The van der Waals surface area contributed by atoms with Gasteiger partial charge < -0.3 is 0 Å². The molecule has 0 bridgehead atoms. The number of hydrogen-bond donors (Lipinski definition) is 0. The summed E-state index contributed by atoms with van der Waals surface area (Å²) in [6, 6.07) is 1.95. The number of alkyl halides is 3. The summed E-state index contributed by atoms with van der Waals surface area (Å²) in [6.07, 6.45) is -4.90. The van der Waals surface area contributed by atoms with Gasteiger partial charge >= 0.3 is 12.0 Å². The number of hydrogen-bond acceptors (Lipinski definition) is 1. The third kappa shape index (κ3) is 2.92. The average molecular weight is 254 g/mol. The third-order valence-corrected chi connectivity index (χ3v) is 2.92. The van der Waals surface area contributed by atoms with Crippen molar-refractivity contribution in [2.75, 3.05) is 0 Å². The van der Waals surface area contributed by atoms with Crippen LogP contribution in [0.2, 0.25) is 0 Å². The van der Waals surface area contributed by atoms with Gasteiger partial charge in [-0.05, 0) is 55.9 Å². The molecule has 0 saturated heterocycles. The molecule has 4 heteroatoms. The Morgan fingerprint density at radius 1 is 1.06 bits per heavy atom. The molecule has 0 aliphatic carbocycles. The van der Waals surface area contributed by atoms with Gasteiger partial charge in [0.25, 0.3) is 0 Å². The highest BCUT2D eigenvalue weighted by molar-refractivity contribution is 6.00. The second-order valence-corrected chi connectivity index (χ2v) is 4.21. The molecule has 96 valence electrons. The lowest BCUT2D eigenvalue weighted by molar-refractivity contribution is -0.164. The van der Waals surface area contributed by atoms with Crippen LogP contribution >= 0.6 is 0 Å². The van der Waals surface area contributed by atoms with Crippen molar-refractivity contribution in [1.29, 1.82) is 0 Å². The summed E-state index contributed by atoms with van der Waals surface area (Å²) in [5.74, 6) is 2.00. The monoisotopic (exact) mass is 254 g/mol. The fourth-order valence-electron chi connectivity index (χ4n) is 1.59.